The van der Waals surface area contributed by atoms with Crippen molar-refractivity contribution in [3.8, 4) is 0 Å². The van der Waals surface area contributed by atoms with Gasteiger partial charge in [-0.15, -0.1) is 0 Å². The minimum atomic E-state index is 0.602. The standard InChI is InChI=1S/C9H18N2/c1-4-9-5-6-10-11(7-9)8(2)3/h5,8,10H,4,6-7H2,1-3H3. The quantitative estimate of drug-likeness (QED) is 0.607. The molecule has 2 nitrogen and oxygen atoms in total. The number of hydrogen-bond acceptors (Lipinski definition) is 2. The summed E-state index contributed by atoms with van der Waals surface area (Å²) in [6, 6.07) is 0.602. The molecule has 0 bridgehead atoms. The van der Waals surface area contributed by atoms with Crippen LogP contribution < -0.4 is 5.43 Å². The molecule has 1 rings (SSSR count). The highest BCUT2D eigenvalue weighted by atomic mass is 15.5. The van der Waals surface area contributed by atoms with Gasteiger partial charge in [-0.05, 0) is 20.3 Å². The van der Waals surface area contributed by atoms with Gasteiger partial charge in [0.25, 0.3) is 0 Å². The summed E-state index contributed by atoms with van der Waals surface area (Å²) < 4.78 is 0. The highest BCUT2D eigenvalue weighted by Crippen LogP contribution is 2.08. The lowest BCUT2D eigenvalue weighted by molar-refractivity contribution is 0.157. The van der Waals surface area contributed by atoms with Crippen molar-refractivity contribution < 1.29 is 0 Å². The van der Waals surface area contributed by atoms with Crippen molar-refractivity contribution in [1.82, 2.24) is 10.4 Å². The zero-order valence-corrected chi connectivity index (χ0v) is 7.72. The van der Waals surface area contributed by atoms with Crippen LogP contribution in [0.5, 0.6) is 0 Å². The first-order valence-electron chi connectivity index (χ1n) is 4.42. The van der Waals surface area contributed by atoms with Gasteiger partial charge in [0.2, 0.25) is 0 Å². The summed E-state index contributed by atoms with van der Waals surface area (Å²) in [5, 5.41) is 2.29. The number of nitrogens with zero attached hydrogens (tertiary/aromatic N) is 1. The minimum Gasteiger partial charge on any atom is -0.251 e. The Hall–Kier alpha value is -0.340. The van der Waals surface area contributed by atoms with Crippen LogP contribution in [0.3, 0.4) is 0 Å². The SMILES string of the molecule is CCC1=CCNN(C(C)C)C1. The van der Waals surface area contributed by atoms with Crippen LogP contribution in [0.15, 0.2) is 11.6 Å². The van der Waals surface area contributed by atoms with Crippen molar-refractivity contribution in [3.05, 3.63) is 11.6 Å². The maximum atomic E-state index is 3.34. The van der Waals surface area contributed by atoms with E-state index in [1.807, 2.05) is 0 Å². The molecular formula is C9H18N2. The summed E-state index contributed by atoms with van der Waals surface area (Å²) in [6.07, 6.45) is 3.48. The van der Waals surface area contributed by atoms with Crippen LogP contribution in [0.25, 0.3) is 0 Å². The van der Waals surface area contributed by atoms with Crippen molar-refractivity contribution in [1.29, 1.82) is 0 Å². The Kier molecular flexibility index (Phi) is 3.09. The molecule has 11 heavy (non-hydrogen) atoms. The van der Waals surface area contributed by atoms with Crippen LogP contribution in [0.2, 0.25) is 0 Å². The highest BCUT2D eigenvalue weighted by Gasteiger charge is 2.12. The van der Waals surface area contributed by atoms with E-state index in [9.17, 15) is 0 Å². The van der Waals surface area contributed by atoms with Crippen molar-refractivity contribution in [2.75, 3.05) is 13.1 Å². The molecule has 1 heterocycles. The predicted molar refractivity (Wildman–Crippen MR) is 48.2 cm³/mol. The second-order valence-corrected chi connectivity index (χ2v) is 3.30. The summed E-state index contributed by atoms with van der Waals surface area (Å²) in [7, 11) is 0. The van der Waals surface area contributed by atoms with E-state index < -0.39 is 0 Å². The molecule has 1 N–H and O–H groups in total. The Labute approximate surface area is 69.2 Å². The van der Waals surface area contributed by atoms with Crippen LogP contribution >= 0.6 is 0 Å². The van der Waals surface area contributed by atoms with E-state index in [1.165, 1.54) is 6.42 Å². The number of rotatable bonds is 2. The lowest BCUT2D eigenvalue weighted by atomic mass is 10.1. The van der Waals surface area contributed by atoms with Crippen LogP contribution in [0.1, 0.15) is 27.2 Å². The van der Waals surface area contributed by atoms with E-state index in [0.717, 1.165) is 13.1 Å². The fraction of sp³-hybridized carbons (Fsp3) is 0.778. The van der Waals surface area contributed by atoms with Gasteiger partial charge in [-0.25, -0.2) is 5.01 Å². The fourth-order valence-electron chi connectivity index (χ4n) is 1.27. The molecule has 0 amide bonds. The number of hydrazine groups is 1. The van der Waals surface area contributed by atoms with Crippen LogP contribution in [-0.4, -0.2) is 24.1 Å². The lowest BCUT2D eigenvalue weighted by Gasteiger charge is -2.31. The van der Waals surface area contributed by atoms with E-state index in [1.54, 1.807) is 5.57 Å². The van der Waals surface area contributed by atoms with Gasteiger partial charge >= 0.3 is 0 Å². The second-order valence-electron chi connectivity index (χ2n) is 3.30. The van der Waals surface area contributed by atoms with Gasteiger partial charge in [-0.3, -0.25) is 5.43 Å². The van der Waals surface area contributed by atoms with Crippen molar-refractivity contribution in [3.63, 3.8) is 0 Å². The number of nitrogens with one attached hydrogen (secondary N) is 1. The van der Waals surface area contributed by atoms with Gasteiger partial charge in [0.1, 0.15) is 0 Å². The topological polar surface area (TPSA) is 15.3 Å². The van der Waals surface area contributed by atoms with Gasteiger partial charge < -0.3 is 0 Å². The third kappa shape index (κ3) is 2.31. The molecule has 0 aliphatic carbocycles. The van der Waals surface area contributed by atoms with Crippen molar-refractivity contribution in [2.45, 2.75) is 33.2 Å². The lowest BCUT2D eigenvalue weighted by Crippen LogP contribution is -2.46. The van der Waals surface area contributed by atoms with Gasteiger partial charge in [-0.2, -0.15) is 0 Å². The zero-order chi connectivity index (χ0) is 8.27. The molecule has 0 spiro atoms. The van der Waals surface area contributed by atoms with Crippen LogP contribution in [0, 0.1) is 0 Å². The molecule has 0 unspecified atom stereocenters. The molecule has 64 valence electrons. The Balaban J connectivity index is 2.46. The van der Waals surface area contributed by atoms with E-state index >= 15 is 0 Å². The maximum absolute atomic E-state index is 3.34. The highest BCUT2D eigenvalue weighted by molar-refractivity contribution is 5.07. The summed E-state index contributed by atoms with van der Waals surface area (Å²) in [5.74, 6) is 0. The van der Waals surface area contributed by atoms with Gasteiger partial charge in [0.05, 0.1) is 0 Å². The van der Waals surface area contributed by atoms with Gasteiger partial charge in [0, 0.05) is 19.1 Å². The Morgan fingerprint density at radius 2 is 2.36 bits per heavy atom. The fourth-order valence-corrected chi connectivity index (χ4v) is 1.27. The van der Waals surface area contributed by atoms with Crippen LogP contribution in [-0.2, 0) is 0 Å². The molecule has 1 aliphatic rings. The average molecular weight is 154 g/mol. The average Bonchev–Trinajstić information content (AvgIpc) is 2.05. The Bertz CT molecular complexity index is 150. The molecular weight excluding hydrogens is 136 g/mol. The van der Waals surface area contributed by atoms with E-state index in [4.69, 9.17) is 0 Å². The first kappa shape index (κ1) is 8.75. The van der Waals surface area contributed by atoms with Crippen molar-refractivity contribution >= 4 is 0 Å². The maximum Gasteiger partial charge on any atom is 0.0344 e. The predicted octanol–water partition coefficient (Wildman–Crippen LogP) is 1.55. The second kappa shape index (κ2) is 3.88. The van der Waals surface area contributed by atoms with Gasteiger partial charge in [-0.1, -0.05) is 18.6 Å². The van der Waals surface area contributed by atoms with Gasteiger partial charge in [0.15, 0.2) is 0 Å². The molecule has 0 saturated heterocycles. The molecule has 0 atom stereocenters. The minimum absolute atomic E-state index is 0.602. The zero-order valence-electron chi connectivity index (χ0n) is 7.72. The Morgan fingerprint density at radius 1 is 1.64 bits per heavy atom. The summed E-state index contributed by atoms with van der Waals surface area (Å²) in [6.45, 7) is 8.74. The van der Waals surface area contributed by atoms with Crippen LogP contribution in [0.4, 0.5) is 0 Å². The largest absolute Gasteiger partial charge is 0.251 e. The van der Waals surface area contributed by atoms with Crippen molar-refractivity contribution in [2.24, 2.45) is 0 Å². The molecule has 0 aromatic rings. The molecule has 0 saturated carbocycles. The van der Waals surface area contributed by atoms with E-state index in [-0.39, 0.29) is 0 Å². The normalized spacial score (nSPS) is 20.5. The van der Waals surface area contributed by atoms with E-state index in [0.29, 0.717) is 6.04 Å². The molecule has 2 heteroatoms. The summed E-state index contributed by atoms with van der Waals surface area (Å²) in [5.41, 5.74) is 4.89. The van der Waals surface area contributed by atoms with E-state index in [2.05, 4.69) is 37.3 Å². The molecule has 0 aromatic heterocycles. The number of hydrogen-bond donors (Lipinski definition) is 1. The molecule has 0 aromatic carbocycles. The molecule has 0 fully saturated rings. The summed E-state index contributed by atoms with van der Waals surface area (Å²) >= 11 is 0. The third-order valence-electron chi connectivity index (χ3n) is 2.14. The summed E-state index contributed by atoms with van der Waals surface area (Å²) in [4.78, 5) is 0. The Morgan fingerprint density at radius 3 is 2.91 bits per heavy atom. The first-order valence-corrected chi connectivity index (χ1v) is 4.42. The third-order valence-corrected chi connectivity index (χ3v) is 2.14. The monoisotopic (exact) mass is 154 g/mol. The smallest absolute Gasteiger partial charge is 0.0344 e. The molecule has 1 aliphatic heterocycles. The molecule has 0 radical (unpaired) electrons. The first-order chi connectivity index (χ1) is 5.24.